The Kier molecular flexibility index (Phi) is 6.10. The number of amides is 1. The number of nitrogens with two attached hydrogens (primary N) is 1. The van der Waals surface area contributed by atoms with E-state index < -0.39 is 0 Å². The molecule has 128 valence electrons. The quantitative estimate of drug-likeness (QED) is 0.913. The van der Waals surface area contributed by atoms with E-state index in [1.54, 1.807) is 0 Å². The van der Waals surface area contributed by atoms with Crippen molar-refractivity contribution in [2.24, 2.45) is 17.1 Å². The highest BCUT2D eigenvalue weighted by Gasteiger charge is 2.45. The van der Waals surface area contributed by atoms with Crippen molar-refractivity contribution in [3.63, 3.8) is 0 Å². The third-order valence-electron chi connectivity index (χ3n) is 5.95. The van der Waals surface area contributed by atoms with Crippen molar-refractivity contribution in [1.29, 1.82) is 0 Å². The molecule has 1 aromatic rings. The van der Waals surface area contributed by atoms with Gasteiger partial charge in [0.15, 0.2) is 0 Å². The van der Waals surface area contributed by atoms with Gasteiger partial charge in [0, 0.05) is 24.4 Å². The number of hydrogen-bond donors (Lipinski definition) is 1. The van der Waals surface area contributed by atoms with Crippen molar-refractivity contribution < 1.29 is 4.79 Å². The number of nitrogens with zero attached hydrogens (tertiary/aromatic N) is 1. The molecule has 1 aliphatic carbocycles. The number of likely N-dealkylation sites (tertiary alicyclic amines) is 1. The Labute approximate surface area is 146 Å². The molecule has 23 heavy (non-hydrogen) atoms. The van der Waals surface area contributed by atoms with E-state index in [1.165, 1.54) is 18.4 Å². The molecule has 4 heteroatoms. The van der Waals surface area contributed by atoms with Gasteiger partial charge in [-0.25, -0.2) is 0 Å². The minimum absolute atomic E-state index is 0. The zero-order chi connectivity index (χ0) is 15.6. The molecule has 0 aromatic heterocycles. The van der Waals surface area contributed by atoms with E-state index in [9.17, 15) is 4.79 Å². The van der Waals surface area contributed by atoms with E-state index in [1.807, 2.05) is 6.07 Å². The fourth-order valence-corrected chi connectivity index (χ4v) is 4.46. The highest BCUT2D eigenvalue weighted by Crippen LogP contribution is 2.44. The summed E-state index contributed by atoms with van der Waals surface area (Å²) in [6, 6.07) is 10.6. The Balaban J connectivity index is 0.00000192. The van der Waals surface area contributed by atoms with Crippen molar-refractivity contribution in [3.8, 4) is 0 Å². The molecular weight excluding hydrogens is 308 g/mol. The van der Waals surface area contributed by atoms with Crippen molar-refractivity contribution in [1.82, 2.24) is 4.90 Å². The van der Waals surface area contributed by atoms with Crippen molar-refractivity contribution >= 4 is 18.3 Å². The summed E-state index contributed by atoms with van der Waals surface area (Å²) in [5.74, 6) is 1.18. The lowest BCUT2D eigenvalue weighted by molar-refractivity contribution is -0.141. The van der Waals surface area contributed by atoms with E-state index >= 15 is 0 Å². The van der Waals surface area contributed by atoms with Crippen LogP contribution in [-0.2, 0) is 4.79 Å². The molecule has 2 N–H and O–H groups in total. The summed E-state index contributed by atoms with van der Waals surface area (Å²) in [6.07, 6.45) is 5.53. The van der Waals surface area contributed by atoms with Crippen molar-refractivity contribution in [2.45, 2.75) is 44.9 Å². The molecule has 1 amide bonds. The van der Waals surface area contributed by atoms with Gasteiger partial charge in [-0.05, 0) is 37.3 Å². The molecule has 1 saturated heterocycles. The first-order valence-corrected chi connectivity index (χ1v) is 8.74. The summed E-state index contributed by atoms with van der Waals surface area (Å²) in [5, 5.41) is 0. The van der Waals surface area contributed by atoms with Gasteiger partial charge < -0.3 is 10.6 Å². The molecule has 1 aromatic carbocycles. The molecule has 2 atom stereocenters. The summed E-state index contributed by atoms with van der Waals surface area (Å²) in [5.41, 5.74) is 7.25. The highest BCUT2D eigenvalue weighted by atomic mass is 35.5. The van der Waals surface area contributed by atoms with Crippen LogP contribution in [0.15, 0.2) is 30.3 Å². The van der Waals surface area contributed by atoms with Crippen LogP contribution in [0.3, 0.4) is 0 Å². The Morgan fingerprint density at radius 2 is 1.87 bits per heavy atom. The molecule has 0 unspecified atom stereocenters. The smallest absolute Gasteiger partial charge is 0.228 e. The second-order valence-electron chi connectivity index (χ2n) is 7.06. The van der Waals surface area contributed by atoms with Gasteiger partial charge in [0.2, 0.25) is 5.91 Å². The van der Waals surface area contributed by atoms with Crippen LogP contribution in [0.5, 0.6) is 0 Å². The van der Waals surface area contributed by atoms with Crippen LogP contribution in [0.1, 0.15) is 50.5 Å². The van der Waals surface area contributed by atoms with E-state index in [2.05, 4.69) is 36.1 Å². The molecule has 1 aliphatic heterocycles. The summed E-state index contributed by atoms with van der Waals surface area (Å²) in [7, 11) is 0. The van der Waals surface area contributed by atoms with Gasteiger partial charge in [-0.15, -0.1) is 12.4 Å². The van der Waals surface area contributed by atoms with Gasteiger partial charge in [0.1, 0.15) is 0 Å². The monoisotopic (exact) mass is 336 g/mol. The van der Waals surface area contributed by atoms with Gasteiger partial charge in [0.25, 0.3) is 0 Å². The summed E-state index contributed by atoms with van der Waals surface area (Å²) in [6.45, 7) is 4.50. The Morgan fingerprint density at radius 3 is 2.43 bits per heavy atom. The maximum absolute atomic E-state index is 13.1. The molecule has 3 rings (SSSR count). The highest BCUT2D eigenvalue weighted by molar-refractivity contribution is 5.85. The summed E-state index contributed by atoms with van der Waals surface area (Å²) >= 11 is 0. The van der Waals surface area contributed by atoms with Crippen LogP contribution in [0.25, 0.3) is 0 Å². The largest absolute Gasteiger partial charge is 0.341 e. The third kappa shape index (κ3) is 3.41. The van der Waals surface area contributed by atoms with Crippen LogP contribution in [-0.4, -0.2) is 30.4 Å². The lowest BCUT2D eigenvalue weighted by Crippen LogP contribution is -2.41. The first-order chi connectivity index (χ1) is 10.7. The molecule has 2 aliphatic rings. The maximum atomic E-state index is 13.1. The molecule has 0 radical (unpaired) electrons. The summed E-state index contributed by atoms with van der Waals surface area (Å²) in [4.78, 5) is 15.2. The van der Waals surface area contributed by atoms with E-state index in [4.69, 9.17) is 5.73 Å². The normalized spacial score (nSPS) is 26.1. The lowest BCUT2D eigenvalue weighted by atomic mass is 9.82. The summed E-state index contributed by atoms with van der Waals surface area (Å²) < 4.78 is 0. The second-order valence-corrected chi connectivity index (χ2v) is 7.06. The minimum atomic E-state index is -0.0786. The van der Waals surface area contributed by atoms with Crippen LogP contribution in [0, 0.1) is 11.3 Å². The standard InChI is InChI=1S/C19H28N2O.ClH/c1-2-19(10-6-7-11-19)18(22)21-13-16(12-20)17(14-21)15-8-4-3-5-9-15;/h3-5,8-9,16-17H,2,6-7,10-14,20H2,1H3;1H/t16-,17+;/m1./s1. The fourth-order valence-electron chi connectivity index (χ4n) is 4.46. The molecule has 0 bridgehead atoms. The van der Waals surface area contributed by atoms with Gasteiger partial charge in [-0.1, -0.05) is 50.1 Å². The van der Waals surface area contributed by atoms with E-state index in [0.29, 0.717) is 24.3 Å². The predicted molar refractivity (Wildman–Crippen MR) is 96.7 cm³/mol. The number of carbonyl (C=O) groups is 1. The predicted octanol–water partition coefficient (Wildman–Crippen LogP) is 3.58. The molecule has 1 heterocycles. The van der Waals surface area contributed by atoms with Crippen molar-refractivity contribution in [2.75, 3.05) is 19.6 Å². The average molecular weight is 337 g/mol. The van der Waals surface area contributed by atoms with Crippen LogP contribution < -0.4 is 5.73 Å². The third-order valence-corrected chi connectivity index (χ3v) is 5.95. The average Bonchev–Trinajstić information content (AvgIpc) is 3.22. The lowest BCUT2D eigenvalue weighted by Gasteiger charge is -2.31. The van der Waals surface area contributed by atoms with Gasteiger partial charge in [-0.2, -0.15) is 0 Å². The zero-order valence-corrected chi connectivity index (χ0v) is 14.9. The number of carbonyl (C=O) groups excluding carboxylic acids is 1. The van der Waals surface area contributed by atoms with Gasteiger partial charge >= 0.3 is 0 Å². The number of hydrogen-bond acceptors (Lipinski definition) is 2. The van der Waals surface area contributed by atoms with E-state index in [-0.39, 0.29) is 17.8 Å². The van der Waals surface area contributed by atoms with Crippen LogP contribution >= 0.6 is 12.4 Å². The zero-order valence-electron chi connectivity index (χ0n) is 14.0. The topological polar surface area (TPSA) is 46.3 Å². The van der Waals surface area contributed by atoms with Crippen LogP contribution in [0.2, 0.25) is 0 Å². The first-order valence-electron chi connectivity index (χ1n) is 8.74. The minimum Gasteiger partial charge on any atom is -0.341 e. The van der Waals surface area contributed by atoms with Crippen molar-refractivity contribution in [3.05, 3.63) is 35.9 Å². The second kappa shape index (κ2) is 7.67. The Hall–Kier alpha value is -1.06. The maximum Gasteiger partial charge on any atom is 0.228 e. The fraction of sp³-hybridized carbons (Fsp3) is 0.632. The molecule has 2 fully saturated rings. The molecule has 1 saturated carbocycles. The molecular formula is C19H29ClN2O. The van der Waals surface area contributed by atoms with E-state index in [0.717, 1.165) is 32.4 Å². The number of benzene rings is 1. The molecule has 0 spiro atoms. The Bertz CT molecular complexity index is 513. The molecule has 3 nitrogen and oxygen atoms in total. The SMILES string of the molecule is CCC1(C(=O)N2C[C@@H](CN)[C@H](c3ccccc3)C2)CCCC1.Cl. The number of halogens is 1. The van der Waals surface area contributed by atoms with Gasteiger partial charge in [-0.3, -0.25) is 4.79 Å². The number of rotatable bonds is 4. The van der Waals surface area contributed by atoms with Crippen LogP contribution in [0.4, 0.5) is 0 Å². The Morgan fingerprint density at radius 1 is 1.22 bits per heavy atom. The van der Waals surface area contributed by atoms with Gasteiger partial charge in [0.05, 0.1) is 0 Å². The first kappa shape index (κ1) is 18.3.